The smallest absolute Gasteiger partial charge is 0.250 e. The van der Waals surface area contributed by atoms with E-state index in [-0.39, 0.29) is 23.2 Å². The van der Waals surface area contributed by atoms with Gasteiger partial charge in [-0.3, -0.25) is 16.1 Å². The molecule has 1 unspecified atom stereocenters. The van der Waals surface area contributed by atoms with Crippen LogP contribution in [0.3, 0.4) is 0 Å². The van der Waals surface area contributed by atoms with Gasteiger partial charge < -0.3 is 18.7 Å². The van der Waals surface area contributed by atoms with Crippen LogP contribution in [0, 0.1) is 18.2 Å². The number of aryl methyl sites for hydroxylation is 1. The van der Waals surface area contributed by atoms with Crippen LogP contribution in [0.15, 0.2) is 65.2 Å². The Labute approximate surface area is 212 Å². The zero-order valence-corrected chi connectivity index (χ0v) is 20.4. The van der Waals surface area contributed by atoms with Gasteiger partial charge in [0.15, 0.2) is 5.58 Å². The van der Waals surface area contributed by atoms with Gasteiger partial charge in [-0.05, 0) is 48.7 Å². The second-order valence-corrected chi connectivity index (χ2v) is 9.91. The van der Waals surface area contributed by atoms with E-state index < -0.39 is 0 Å². The lowest BCUT2D eigenvalue weighted by Gasteiger charge is -2.50. The van der Waals surface area contributed by atoms with Crippen molar-refractivity contribution >= 4 is 23.0 Å². The van der Waals surface area contributed by atoms with Gasteiger partial charge in [0, 0.05) is 30.3 Å². The van der Waals surface area contributed by atoms with Crippen LogP contribution in [0.4, 0.5) is 4.39 Å². The van der Waals surface area contributed by atoms with Crippen molar-refractivity contribution in [2.45, 2.75) is 19.4 Å². The molecule has 0 aliphatic carbocycles. The number of fused-ring (bicyclic) bond motifs is 1. The number of piperidine rings is 1. The van der Waals surface area contributed by atoms with Gasteiger partial charge in [0.1, 0.15) is 5.82 Å². The third kappa shape index (κ3) is 4.22. The van der Waals surface area contributed by atoms with Crippen LogP contribution in [0.1, 0.15) is 29.3 Å². The van der Waals surface area contributed by atoms with E-state index in [1.165, 1.54) is 12.1 Å². The Morgan fingerprint density at radius 3 is 2.73 bits per heavy atom. The molecule has 0 saturated carbocycles. The van der Waals surface area contributed by atoms with E-state index in [1.54, 1.807) is 24.7 Å². The summed E-state index contributed by atoms with van der Waals surface area (Å²) in [5.74, 6) is 5.30. The van der Waals surface area contributed by atoms with E-state index >= 15 is 0 Å². The maximum atomic E-state index is 13.9. The number of benzene rings is 2. The molecule has 9 nitrogen and oxygen atoms in total. The largest absolute Gasteiger partial charge is 0.380 e. The summed E-state index contributed by atoms with van der Waals surface area (Å²) in [6, 6.07) is 9.74. The normalized spacial score (nSPS) is 19.1. The van der Waals surface area contributed by atoms with E-state index in [9.17, 15) is 9.18 Å². The van der Waals surface area contributed by atoms with Gasteiger partial charge in [-0.25, -0.2) is 9.37 Å². The SMILES string of the molecule is Cc1cn(-c2ccc(/C=C3\CC4(COC4)CN(C(CNN)c4ccc(F)cc4)C3=O)c3cnoc23)cn1. The molecule has 10 heteroatoms. The Bertz CT molecular complexity index is 1490. The predicted octanol–water partition coefficient (Wildman–Crippen LogP) is 3.30. The first-order chi connectivity index (χ1) is 18.0. The van der Waals surface area contributed by atoms with E-state index in [0.29, 0.717) is 43.9 Å². The Hall–Kier alpha value is -3.86. The number of hydrogen-bond acceptors (Lipinski definition) is 7. The fourth-order valence-corrected chi connectivity index (χ4v) is 5.34. The number of hydrazine groups is 1. The summed E-state index contributed by atoms with van der Waals surface area (Å²) in [5.41, 5.74) is 7.18. The van der Waals surface area contributed by atoms with Gasteiger partial charge in [-0.2, -0.15) is 0 Å². The molecule has 4 aromatic rings. The first-order valence-corrected chi connectivity index (χ1v) is 12.1. The van der Waals surface area contributed by atoms with Gasteiger partial charge in [0.25, 0.3) is 0 Å². The minimum atomic E-state index is -0.359. The summed E-state index contributed by atoms with van der Waals surface area (Å²) in [6.45, 7) is 3.93. The molecule has 1 amide bonds. The van der Waals surface area contributed by atoms with Crippen molar-refractivity contribution in [2.24, 2.45) is 11.3 Å². The molecule has 0 bridgehead atoms. The lowest BCUT2D eigenvalue weighted by Crippen LogP contribution is -2.58. The highest BCUT2D eigenvalue weighted by Crippen LogP contribution is 2.43. The minimum absolute atomic E-state index is 0.0824. The minimum Gasteiger partial charge on any atom is -0.380 e. The number of hydrogen-bond donors (Lipinski definition) is 2. The van der Waals surface area contributed by atoms with Crippen molar-refractivity contribution in [3.63, 3.8) is 0 Å². The van der Waals surface area contributed by atoms with Crippen LogP contribution in [0.5, 0.6) is 0 Å². The number of rotatable bonds is 6. The summed E-state index contributed by atoms with van der Waals surface area (Å²) >= 11 is 0. The van der Waals surface area contributed by atoms with E-state index in [0.717, 1.165) is 27.9 Å². The third-order valence-electron chi connectivity index (χ3n) is 7.22. The molecule has 2 aliphatic rings. The predicted molar refractivity (Wildman–Crippen MR) is 135 cm³/mol. The summed E-state index contributed by atoms with van der Waals surface area (Å²) in [5, 5.41) is 4.84. The number of carbonyl (C=O) groups excluding carboxylic acids is 1. The molecule has 1 spiro atoms. The number of halogens is 1. The molecule has 2 aromatic carbocycles. The number of nitrogens with two attached hydrogens (primary N) is 1. The first-order valence-electron chi connectivity index (χ1n) is 12.1. The zero-order chi connectivity index (χ0) is 25.6. The van der Waals surface area contributed by atoms with Gasteiger partial charge in [0.2, 0.25) is 5.91 Å². The molecule has 4 heterocycles. The number of carbonyl (C=O) groups is 1. The van der Waals surface area contributed by atoms with E-state index in [1.807, 2.05) is 40.8 Å². The van der Waals surface area contributed by atoms with Gasteiger partial charge >= 0.3 is 0 Å². The number of aromatic nitrogens is 3. The highest BCUT2D eigenvalue weighted by Gasteiger charge is 2.48. The highest BCUT2D eigenvalue weighted by atomic mass is 19.1. The van der Waals surface area contributed by atoms with Gasteiger partial charge in [-0.1, -0.05) is 23.4 Å². The van der Waals surface area contributed by atoms with Crippen LogP contribution < -0.4 is 11.3 Å². The molecule has 1 atom stereocenters. The van der Waals surface area contributed by atoms with Crippen LogP contribution in [-0.4, -0.2) is 51.8 Å². The van der Waals surface area contributed by atoms with Crippen molar-refractivity contribution in [1.82, 2.24) is 25.0 Å². The Morgan fingerprint density at radius 1 is 1.24 bits per heavy atom. The Morgan fingerprint density at radius 2 is 2.05 bits per heavy atom. The van der Waals surface area contributed by atoms with Crippen molar-refractivity contribution in [3.05, 3.63) is 83.3 Å². The summed E-state index contributed by atoms with van der Waals surface area (Å²) in [7, 11) is 0. The van der Waals surface area contributed by atoms with Crippen molar-refractivity contribution < 1.29 is 18.4 Å². The fourth-order valence-electron chi connectivity index (χ4n) is 5.34. The molecular weight excluding hydrogens is 475 g/mol. The van der Waals surface area contributed by atoms with Crippen LogP contribution >= 0.6 is 0 Å². The van der Waals surface area contributed by atoms with Crippen LogP contribution in [-0.2, 0) is 9.53 Å². The lowest BCUT2D eigenvalue weighted by molar-refractivity contribution is -0.159. The quantitative estimate of drug-likeness (QED) is 0.236. The van der Waals surface area contributed by atoms with E-state index in [2.05, 4.69) is 15.6 Å². The molecule has 2 fully saturated rings. The topological polar surface area (TPSA) is 111 Å². The standard InChI is InChI=1S/C27H27FN6O3/c1-17-12-33(16-30-17)23-7-4-19(22-10-32-37-25(22)23)8-20-9-27(14-36-15-27)13-34(26(20)35)24(11-31-29)18-2-5-21(28)6-3-18/h2-8,10,12,16,24,31H,9,11,13-15,29H2,1H3/b20-8+. The molecule has 3 N–H and O–H groups in total. The molecule has 0 radical (unpaired) electrons. The number of nitrogens with zero attached hydrogens (tertiary/aromatic N) is 4. The third-order valence-corrected chi connectivity index (χ3v) is 7.22. The Kier molecular flexibility index (Phi) is 5.86. The van der Waals surface area contributed by atoms with Crippen molar-refractivity contribution in [3.8, 4) is 5.69 Å². The van der Waals surface area contributed by atoms with Gasteiger partial charge in [0.05, 0.1) is 48.5 Å². The number of imidazole rings is 1. The molecule has 6 rings (SSSR count). The maximum Gasteiger partial charge on any atom is 0.250 e. The number of amides is 1. The van der Waals surface area contributed by atoms with Crippen molar-refractivity contribution in [1.29, 1.82) is 0 Å². The Balaban J connectivity index is 1.40. The molecule has 2 saturated heterocycles. The van der Waals surface area contributed by atoms with E-state index in [4.69, 9.17) is 15.1 Å². The molecule has 2 aliphatic heterocycles. The molecule has 190 valence electrons. The highest BCUT2D eigenvalue weighted by molar-refractivity contribution is 6.02. The molecule has 37 heavy (non-hydrogen) atoms. The van der Waals surface area contributed by atoms with Crippen LogP contribution in [0.2, 0.25) is 0 Å². The second kappa shape index (κ2) is 9.22. The molecule has 2 aromatic heterocycles. The monoisotopic (exact) mass is 502 g/mol. The number of ether oxygens (including phenoxy) is 1. The second-order valence-electron chi connectivity index (χ2n) is 9.91. The summed E-state index contributed by atoms with van der Waals surface area (Å²) in [4.78, 5) is 20.0. The average molecular weight is 503 g/mol. The lowest BCUT2D eigenvalue weighted by atomic mass is 9.74. The fraction of sp³-hybridized carbons (Fsp3) is 0.296. The van der Waals surface area contributed by atoms with Gasteiger partial charge in [-0.15, -0.1) is 0 Å². The number of nitrogens with one attached hydrogen (secondary N) is 1. The van der Waals surface area contributed by atoms with Crippen LogP contribution in [0.25, 0.3) is 22.7 Å². The first kappa shape index (κ1) is 23.5. The maximum absolute atomic E-state index is 13.9. The van der Waals surface area contributed by atoms with Crippen molar-refractivity contribution in [2.75, 3.05) is 26.3 Å². The summed E-state index contributed by atoms with van der Waals surface area (Å²) in [6.07, 6.45) is 7.84. The zero-order valence-electron chi connectivity index (χ0n) is 20.4. The summed E-state index contributed by atoms with van der Waals surface area (Å²) < 4.78 is 26.7. The molecular formula is C27H27FN6O3. The average Bonchev–Trinajstić information content (AvgIpc) is 3.54. The number of likely N-dealkylation sites (tertiary alicyclic amines) is 1.